The van der Waals surface area contributed by atoms with E-state index in [-0.39, 0.29) is 0 Å². The van der Waals surface area contributed by atoms with Gasteiger partial charge in [0.05, 0.1) is 0 Å². The summed E-state index contributed by atoms with van der Waals surface area (Å²) in [6, 6.07) is 0. The molecule has 0 aliphatic heterocycles. The van der Waals surface area contributed by atoms with Crippen LogP contribution in [0.5, 0.6) is 0 Å². The number of rotatable bonds is 0. The lowest BCUT2D eigenvalue weighted by Gasteiger charge is -2.17. The van der Waals surface area contributed by atoms with Gasteiger partial charge in [-0.05, 0) is 61.8 Å². The van der Waals surface area contributed by atoms with Crippen LogP contribution in [0.1, 0.15) is 46.5 Å². The summed E-state index contributed by atoms with van der Waals surface area (Å²) in [5.74, 6) is 0.649. The van der Waals surface area contributed by atoms with Gasteiger partial charge in [-0.2, -0.15) is 0 Å². The highest BCUT2D eigenvalue weighted by atomic mass is 14.4. The van der Waals surface area contributed by atoms with Gasteiger partial charge in [0.1, 0.15) is 0 Å². The fourth-order valence-corrected chi connectivity index (χ4v) is 3.37. The molecule has 0 fully saturated rings. The quantitative estimate of drug-likeness (QED) is 0.545. The standard InChI is InChI=1S/C16H20/c1-10-4-6-13-14-7-5-11(2)9-16(14)12(3)15(13)8-10/h8-9,12H,4-7H2,1-3H3. The summed E-state index contributed by atoms with van der Waals surface area (Å²) in [5, 5.41) is 0. The molecule has 84 valence electrons. The van der Waals surface area contributed by atoms with Crippen LogP contribution in [-0.2, 0) is 0 Å². The van der Waals surface area contributed by atoms with Crippen molar-refractivity contribution in [2.45, 2.75) is 46.5 Å². The third kappa shape index (κ3) is 1.36. The molecule has 0 bridgehead atoms. The molecular weight excluding hydrogens is 192 g/mol. The number of hydrogen-bond acceptors (Lipinski definition) is 0. The summed E-state index contributed by atoms with van der Waals surface area (Å²) in [7, 11) is 0. The predicted octanol–water partition coefficient (Wildman–Crippen LogP) is 4.71. The Labute approximate surface area is 98.4 Å². The summed E-state index contributed by atoms with van der Waals surface area (Å²) in [5.41, 5.74) is 9.75. The number of allylic oxidation sites excluding steroid dienone is 8. The minimum atomic E-state index is 0.649. The first kappa shape index (κ1) is 10.1. The largest absolute Gasteiger partial charge is 0.0727 e. The van der Waals surface area contributed by atoms with Gasteiger partial charge in [-0.15, -0.1) is 0 Å². The zero-order valence-corrected chi connectivity index (χ0v) is 10.6. The van der Waals surface area contributed by atoms with Crippen molar-refractivity contribution >= 4 is 0 Å². The minimum Gasteiger partial charge on any atom is -0.0727 e. The maximum Gasteiger partial charge on any atom is 0.00666 e. The zero-order valence-electron chi connectivity index (χ0n) is 10.6. The molecule has 0 N–H and O–H groups in total. The molecule has 0 aromatic carbocycles. The predicted molar refractivity (Wildman–Crippen MR) is 69.2 cm³/mol. The van der Waals surface area contributed by atoms with Crippen molar-refractivity contribution in [2.24, 2.45) is 5.92 Å². The summed E-state index contributed by atoms with van der Waals surface area (Å²) < 4.78 is 0. The Morgan fingerprint density at radius 2 is 1.25 bits per heavy atom. The lowest BCUT2D eigenvalue weighted by Crippen LogP contribution is -2.00. The number of hydrogen-bond donors (Lipinski definition) is 0. The van der Waals surface area contributed by atoms with E-state index in [0.29, 0.717) is 5.92 Å². The van der Waals surface area contributed by atoms with Crippen molar-refractivity contribution in [3.05, 3.63) is 45.6 Å². The third-order valence-corrected chi connectivity index (χ3v) is 4.34. The monoisotopic (exact) mass is 212 g/mol. The van der Waals surface area contributed by atoms with Gasteiger partial charge in [0.25, 0.3) is 0 Å². The summed E-state index contributed by atoms with van der Waals surface area (Å²) >= 11 is 0. The fraction of sp³-hybridized carbons (Fsp3) is 0.500. The van der Waals surface area contributed by atoms with E-state index in [1.807, 2.05) is 0 Å². The van der Waals surface area contributed by atoms with Gasteiger partial charge < -0.3 is 0 Å². The van der Waals surface area contributed by atoms with Crippen molar-refractivity contribution in [1.82, 2.24) is 0 Å². The Bertz CT molecular complexity index is 422. The van der Waals surface area contributed by atoms with E-state index >= 15 is 0 Å². The fourth-order valence-electron chi connectivity index (χ4n) is 3.37. The molecule has 0 heterocycles. The van der Waals surface area contributed by atoms with Crippen LogP contribution < -0.4 is 0 Å². The summed E-state index contributed by atoms with van der Waals surface area (Å²) in [4.78, 5) is 0. The van der Waals surface area contributed by atoms with Gasteiger partial charge in [-0.25, -0.2) is 0 Å². The molecule has 3 aliphatic rings. The molecule has 0 amide bonds. The third-order valence-electron chi connectivity index (χ3n) is 4.34. The van der Waals surface area contributed by atoms with E-state index in [2.05, 4.69) is 32.9 Å². The smallest absolute Gasteiger partial charge is 0.00666 e. The first-order valence-corrected chi connectivity index (χ1v) is 6.47. The molecule has 0 saturated heterocycles. The molecule has 0 atom stereocenters. The molecule has 0 saturated carbocycles. The van der Waals surface area contributed by atoms with Crippen LogP contribution in [0.4, 0.5) is 0 Å². The van der Waals surface area contributed by atoms with Crippen LogP contribution in [0.3, 0.4) is 0 Å². The molecule has 0 radical (unpaired) electrons. The van der Waals surface area contributed by atoms with Crippen molar-refractivity contribution in [3.8, 4) is 0 Å². The SMILES string of the molecule is CC1=CC2=C(CC1)C1=C(C=C(C)CC1)C2C. The molecule has 0 aromatic rings. The average molecular weight is 212 g/mol. The van der Waals surface area contributed by atoms with Crippen molar-refractivity contribution in [1.29, 1.82) is 0 Å². The van der Waals surface area contributed by atoms with E-state index in [0.717, 1.165) is 0 Å². The summed E-state index contributed by atoms with van der Waals surface area (Å²) in [6.07, 6.45) is 10.0. The van der Waals surface area contributed by atoms with Gasteiger partial charge in [0.15, 0.2) is 0 Å². The van der Waals surface area contributed by atoms with E-state index in [1.165, 1.54) is 25.7 Å². The van der Waals surface area contributed by atoms with Crippen molar-refractivity contribution in [3.63, 3.8) is 0 Å². The second-order valence-electron chi connectivity index (χ2n) is 5.57. The highest BCUT2D eigenvalue weighted by Crippen LogP contribution is 2.47. The highest BCUT2D eigenvalue weighted by molar-refractivity contribution is 5.60. The van der Waals surface area contributed by atoms with E-state index in [4.69, 9.17) is 0 Å². The van der Waals surface area contributed by atoms with Crippen LogP contribution in [0, 0.1) is 5.92 Å². The van der Waals surface area contributed by atoms with Gasteiger partial charge in [0, 0.05) is 5.92 Å². The molecule has 0 aromatic heterocycles. The Hall–Kier alpha value is -1.04. The molecular formula is C16H20. The Balaban J connectivity index is 2.08. The first-order chi connectivity index (χ1) is 7.66. The lowest BCUT2D eigenvalue weighted by atomic mass is 9.88. The Kier molecular flexibility index (Phi) is 2.20. The molecule has 0 unspecified atom stereocenters. The summed E-state index contributed by atoms with van der Waals surface area (Å²) in [6.45, 7) is 6.92. The Morgan fingerprint density at radius 1 is 0.812 bits per heavy atom. The normalized spacial score (nSPS) is 25.4. The van der Waals surface area contributed by atoms with E-state index in [1.54, 1.807) is 33.4 Å². The van der Waals surface area contributed by atoms with Crippen LogP contribution in [0.2, 0.25) is 0 Å². The van der Waals surface area contributed by atoms with E-state index in [9.17, 15) is 0 Å². The lowest BCUT2D eigenvalue weighted by molar-refractivity contribution is 0.820. The Morgan fingerprint density at radius 3 is 1.69 bits per heavy atom. The molecule has 0 heteroatoms. The topological polar surface area (TPSA) is 0 Å². The van der Waals surface area contributed by atoms with Crippen LogP contribution in [0.25, 0.3) is 0 Å². The zero-order chi connectivity index (χ0) is 11.3. The molecule has 0 nitrogen and oxygen atoms in total. The second kappa shape index (κ2) is 3.48. The average Bonchev–Trinajstić information content (AvgIpc) is 2.53. The van der Waals surface area contributed by atoms with Crippen molar-refractivity contribution < 1.29 is 0 Å². The van der Waals surface area contributed by atoms with E-state index < -0.39 is 0 Å². The molecule has 0 spiro atoms. The van der Waals surface area contributed by atoms with Gasteiger partial charge in [-0.1, -0.05) is 30.2 Å². The maximum absolute atomic E-state index is 2.45. The minimum absolute atomic E-state index is 0.649. The molecule has 16 heavy (non-hydrogen) atoms. The molecule has 3 aliphatic carbocycles. The maximum atomic E-state index is 2.45. The van der Waals surface area contributed by atoms with Gasteiger partial charge in [0.2, 0.25) is 0 Å². The second-order valence-corrected chi connectivity index (χ2v) is 5.57. The first-order valence-electron chi connectivity index (χ1n) is 6.47. The molecule has 3 rings (SSSR count). The highest BCUT2D eigenvalue weighted by Gasteiger charge is 2.31. The number of fused-ring (bicyclic) bond motifs is 1. The van der Waals surface area contributed by atoms with Gasteiger partial charge in [-0.3, -0.25) is 0 Å². The van der Waals surface area contributed by atoms with Gasteiger partial charge >= 0.3 is 0 Å². The van der Waals surface area contributed by atoms with Crippen LogP contribution >= 0.6 is 0 Å². The van der Waals surface area contributed by atoms with Crippen LogP contribution in [-0.4, -0.2) is 0 Å². The van der Waals surface area contributed by atoms with Crippen LogP contribution in [0.15, 0.2) is 45.6 Å². The van der Waals surface area contributed by atoms with Crippen molar-refractivity contribution in [2.75, 3.05) is 0 Å².